The van der Waals surface area contributed by atoms with Gasteiger partial charge in [-0.2, -0.15) is 0 Å². The van der Waals surface area contributed by atoms with Crippen LogP contribution in [0, 0.1) is 6.92 Å². The van der Waals surface area contributed by atoms with E-state index in [1.165, 1.54) is 4.90 Å². The number of carboxylic acid groups (broad SMARTS) is 1. The third-order valence-corrected chi connectivity index (χ3v) is 2.88. The maximum atomic E-state index is 10.7. The fourth-order valence-electron chi connectivity index (χ4n) is 1.68. The minimum atomic E-state index is -0.880. The highest BCUT2D eigenvalue weighted by molar-refractivity contribution is 6.31. The van der Waals surface area contributed by atoms with Crippen molar-refractivity contribution in [1.82, 2.24) is 4.90 Å². The second kappa shape index (κ2) is 3.17. The van der Waals surface area contributed by atoms with E-state index in [2.05, 4.69) is 0 Å². The normalized spacial score (nSPS) is 14.3. The highest BCUT2D eigenvalue weighted by Gasteiger charge is 2.23. The van der Waals surface area contributed by atoms with E-state index in [1.807, 2.05) is 19.1 Å². The van der Waals surface area contributed by atoms with E-state index in [-0.39, 0.29) is 0 Å². The zero-order valence-electron chi connectivity index (χ0n) is 7.75. The molecule has 0 unspecified atom stereocenters. The van der Waals surface area contributed by atoms with Gasteiger partial charge in [0.1, 0.15) is 0 Å². The van der Waals surface area contributed by atoms with Crippen molar-refractivity contribution in [3.8, 4) is 0 Å². The van der Waals surface area contributed by atoms with Crippen LogP contribution in [-0.4, -0.2) is 16.1 Å². The van der Waals surface area contributed by atoms with Crippen LogP contribution in [0.2, 0.25) is 5.02 Å². The molecule has 4 heteroatoms. The van der Waals surface area contributed by atoms with Crippen molar-refractivity contribution in [1.29, 1.82) is 0 Å². The molecule has 3 nitrogen and oxygen atoms in total. The Bertz CT molecular complexity index is 372. The molecule has 0 aliphatic carbocycles. The van der Waals surface area contributed by atoms with Crippen LogP contribution < -0.4 is 0 Å². The molecule has 0 saturated heterocycles. The molecular weight excluding hydrogens is 202 g/mol. The number of nitrogens with zero attached hydrogens (tertiary/aromatic N) is 1. The van der Waals surface area contributed by atoms with Crippen LogP contribution in [0.5, 0.6) is 0 Å². The summed E-state index contributed by atoms with van der Waals surface area (Å²) in [7, 11) is 0. The van der Waals surface area contributed by atoms with E-state index in [4.69, 9.17) is 16.7 Å². The fourth-order valence-corrected chi connectivity index (χ4v) is 1.87. The first-order valence-electron chi connectivity index (χ1n) is 4.33. The van der Waals surface area contributed by atoms with Gasteiger partial charge in [-0.3, -0.25) is 4.90 Å². The van der Waals surface area contributed by atoms with Crippen LogP contribution >= 0.6 is 11.6 Å². The van der Waals surface area contributed by atoms with Crippen molar-refractivity contribution in [3.63, 3.8) is 0 Å². The van der Waals surface area contributed by atoms with Crippen LogP contribution in [-0.2, 0) is 13.1 Å². The Labute approximate surface area is 86.9 Å². The Morgan fingerprint density at radius 1 is 1.43 bits per heavy atom. The number of fused-ring (bicyclic) bond motifs is 1. The number of hydrogen-bond acceptors (Lipinski definition) is 1. The Hall–Kier alpha value is -1.22. The standard InChI is InChI=1S/C10H10ClNO2/c1-6-2-7-4-12(10(13)14)5-8(7)3-9(6)11/h2-3H,4-5H2,1H3,(H,13,14). The molecule has 1 heterocycles. The van der Waals surface area contributed by atoms with E-state index in [0.29, 0.717) is 18.1 Å². The van der Waals surface area contributed by atoms with Crippen LogP contribution in [0.4, 0.5) is 4.79 Å². The molecule has 0 saturated carbocycles. The summed E-state index contributed by atoms with van der Waals surface area (Å²) in [5.74, 6) is 0. The van der Waals surface area contributed by atoms with Gasteiger partial charge >= 0.3 is 6.09 Å². The first-order chi connectivity index (χ1) is 6.58. The topological polar surface area (TPSA) is 40.5 Å². The van der Waals surface area contributed by atoms with Gasteiger partial charge < -0.3 is 5.11 Å². The predicted octanol–water partition coefficient (Wildman–Crippen LogP) is 2.64. The lowest BCUT2D eigenvalue weighted by Gasteiger charge is -2.08. The van der Waals surface area contributed by atoms with Crippen LogP contribution in [0.3, 0.4) is 0 Å². The Morgan fingerprint density at radius 2 is 2.00 bits per heavy atom. The van der Waals surface area contributed by atoms with Gasteiger partial charge in [-0.05, 0) is 29.7 Å². The summed E-state index contributed by atoms with van der Waals surface area (Å²) in [6.45, 7) is 2.85. The van der Waals surface area contributed by atoms with Crippen molar-refractivity contribution in [2.75, 3.05) is 0 Å². The van der Waals surface area contributed by atoms with Crippen LogP contribution in [0.1, 0.15) is 16.7 Å². The van der Waals surface area contributed by atoms with Gasteiger partial charge in [0.05, 0.1) is 0 Å². The molecule has 0 radical (unpaired) electrons. The molecule has 0 aromatic heterocycles. The van der Waals surface area contributed by atoms with Gasteiger partial charge in [-0.1, -0.05) is 17.7 Å². The summed E-state index contributed by atoms with van der Waals surface area (Å²) < 4.78 is 0. The molecule has 1 N–H and O–H groups in total. The number of hydrogen-bond donors (Lipinski definition) is 1. The van der Waals surface area contributed by atoms with Gasteiger partial charge in [-0.25, -0.2) is 4.79 Å². The molecule has 0 fully saturated rings. The van der Waals surface area contributed by atoms with Gasteiger partial charge in [-0.15, -0.1) is 0 Å². The summed E-state index contributed by atoms with van der Waals surface area (Å²) in [4.78, 5) is 12.1. The first-order valence-corrected chi connectivity index (χ1v) is 4.71. The molecule has 1 aromatic rings. The van der Waals surface area contributed by atoms with E-state index in [9.17, 15) is 4.79 Å². The Balaban J connectivity index is 2.36. The number of amides is 1. The van der Waals surface area contributed by atoms with E-state index in [0.717, 1.165) is 16.7 Å². The van der Waals surface area contributed by atoms with Crippen molar-refractivity contribution >= 4 is 17.7 Å². The van der Waals surface area contributed by atoms with Crippen molar-refractivity contribution in [3.05, 3.63) is 33.8 Å². The smallest absolute Gasteiger partial charge is 0.407 e. The molecule has 1 aliphatic rings. The van der Waals surface area contributed by atoms with Gasteiger partial charge in [0, 0.05) is 18.1 Å². The average molecular weight is 212 g/mol. The molecule has 1 aromatic carbocycles. The average Bonchev–Trinajstić information content (AvgIpc) is 2.48. The maximum absolute atomic E-state index is 10.7. The van der Waals surface area contributed by atoms with Crippen molar-refractivity contribution < 1.29 is 9.90 Å². The molecule has 0 atom stereocenters. The number of halogens is 1. The molecule has 14 heavy (non-hydrogen) atoms. The molecular formula is C10H10ClNO2. The lowest BCUT2D eigenvalue weighted by molar-refractivity contribution is 0.145. The molecule has 2 rings (SSSR count). The summed E-state index contributed by atoms with van der Waals surface area (Å²) in [6.07, 6.45) is -0.880. The molecule has 1 aliphatic heterocycles. The zero-order valence-corrected chi connectivity index (χ0v) is 8.51. The van der Waals surface area contributed by atoms with Gasteiger partial charge in [0.15, 0.2) is 0 Å². The number of carbonyl (C=O) groups is 1. The summed E-state index contributed by atoms with van der Waals surface area (Å²) >= 11 is 5.95. The summed E-state index contributed by atoms with van der Waals surface area (Å²) in [5.41, 5.74) is 3.08. The van der Waals surface area contributed by atoms with E-state index in [1.54, 1.807) is 0 Å². The monoisotopic (exact) mass is 211 g/mol. The van der Waals surface area contributed by atoms with Gasteiger partial charge in [0.25, 0.3) is 0 Å². The SMILES string of the molecule is Cc1cc2c(cc1Cl)CN(C(=O)O)C2. The third kappa shape index (κ3) is 1.44. The van der Waals surface area contributed by atoms with E-state index >= 15 is 0 Å². The summed E-state index contributed by atoms with van der Waals surface area (Å²) in [6, 6.07) is 3.82. The predicted molar refractivity (Wildman–Crippen MR) is 53.5 cm³/mol. The van der Waals surface area contributed by atoms with Crippen LogP contribution in [0.25, 0.3) is 0 Å². The number of rotatable bonds is 0. The molecule has 74 valence electrons. The quantitative estimate of drug-likeness (QED) is 0.717. The second-order valence-corrected chi connectivity index (χ2v) is 3.92. The van der Waals surface area contributed by atoms with Gasteiger partial charge in [0.2, 0.25) is 0 Å². The lowest BCUT2D eigenvalue weighted by Crippen LogP contribution is -2.22. The highest BCUT2D eigenvalue weighted by Crippen LogP contribution is 2.28. The maximum Gasteiger partial charge on any atom is 0.407 e. The summed E-state index contributed by atoms with van der Waals surface area (Å²) in [5, 5.41) is 9.52. The van der Waals surface area contributed by atoms with E-state index < -0.39 is 6.09 Å². The number of benzene rings is 1. The molecule has 1 amide bonds. The minimum Gasteiger partial charge on any atom is -0.465 e. The highest BCUT2D eigenvalue weighted by atomic mass is 35.5. The second-order valence-electron chi connectivity index (χ2n) is 3.51. The Kier molecular flexibility index (Phi) is 2.11. The lowest BCUT2D eigenvalue weighted by atomic mass is 10.1. The van der Waals surface area contributed by atoms with Crippen molar-refractivity contribution in [2.45, 2.75) is 20.0 Å². The largest absolute Gasteiger partial charge is 0.465 e. The van der Waals surface area contributed by atoms with Crippen LogP contribution in [0.15, 0.2) is 12.1 Å². The minimum absolute atomic E-state index is 0.449. The fraction of sp³-hybridized carbons (Fsp3) is 0.300. The Morgan fingerprint density at radius 3 is 2.57 bits per heavy atom. The first kappa shape index (κ1) is 9.34. The number of aryl methyl sites for hydroxylation is 1. The third-order valence-electron chi connectivity index (χ3n) is 2.47. The molecule has 0 bridgehead atoms. The zero-order chi connectivity index (χ0) is 10.3. The molecule has 0 spiro atoms. The van der Waals surface area contributed by atoms with Crippen molar-refractivity contribution in [2.24, 2.45) is 0 Å².